The van der Waals surface area contributed by atoms with Crippen molar-refractivity contribution >= 4 is 108 Å². The Morgan fingerprint density at radius 1 is 0.241 bits per heavy atom. The van der Waals surface area contributed by atoms with E-state index in [2.05, 4.69) is 173 Å². The monoisotopic (exact) mass is 734 g/mol. The molecule has 0 spiro atoms. The molecule has 0 radical (unpaired) electrons. The van der Waals surface area contributed by atoms with Gasteiger partial charge >= 0.3 is 0 Å². The van der Waals surface area contributed by atoms with Crippen LogP contribution in [0.15, 0.2) is 146 Å². The van der Waals surface area contributed by atoms with Crippen LogP contribution in [0.4, 0.5) is 0 Å². The first-order chi connectivity index (χ1) is 28.5. The summed E-state index contributed by atoms with van der Waals surface area (Å²) in [5.41, 5.74) is 11.3. The lowest BCUT2D eigenvalue weighted by molar-refractivity contribution is 0.864. The van der Waals surface area contributed by atoms with Crippen molar-refractivity contribution in [1.82, 2.24) is 0 Å². The summed E-state index contributed by atoms with van der Waals surface area (Å²) in [6, 6.07) is 56.1. The molecule has 0 atom stereocenters. The minimum absolute atomic E-state index is 0.396. The molecule has 0 amide bonds. The van der Waals surface area contributed by atoms with Gasteiger partial charge in [-0.05, 0) is 164 Å². The molecule has 13 aromatic rings. The van der Waals surface area contributed by atoms with Crippen molar-refractivity contribution in [1.29, 1.82) is 0 Å². The van der Waals surface area contributed by atoms with Crippen molar-refractivity contribution in [2.75, 3.05) is 0 Å². The molecule has 13 aromatic carbocycles. The topological polar surface area (TPSA) is 0 Å². The molecule has 1 aliphatic carbocycles. The maximum absolute atomic E-state index is 2.48. The predicted molar refractivity (Wildman–Crippen MR) is 253 cm³/mol. The van der Waals surface area contributed by atoms with E-state index in [4.69, 9.17) is 0 Å². The lowest BCUT2D eigenvalue weighted by atomic mass is 9.80. The van der Waals surface area contributed by atoms with E-state index < -0.39 is 0 Å². The third-order valence-electron chi connectivity index (χ3n) is 14.3. The van der Waals surface area contributed by atoms with Crippen LogP contribution in [0.1, 0.15) is 50.7 Å². The van der Waals surface area contributed by atoms with Gasteiger partial charge in [-0.25, -0.2) is 0 Å². The molecule has 0 saturated heterocycles. The molecule has 0 heterocycles. The lowest BCUT2D eigenvalue weighted by Gasteiger charge is -2.23. The van der Waals surface area contributed by atoms with Crippen LogP contribution in [-0.2, 0) is 0 Å². The summed E-state index contributed by atoms with van der Waals surface area (Å²) in [5, 5.41) is 27.6. The highest BCUT2D eigenvalue weighted by Crippen LogP contribution is 2.59. The average molecular weight is 735 g/mol. The Bertz CT molecular complexity index is 3830. The van der Waals surface area contributed by atoms with Gasteiger partial charge < -0.3 is 0 Å². The van der Waals surface area contributed by atoms with E-state index in [1.165, 1.54) is 152 Å². The first-order valence-corrected chi connectivity index (χ1v) is 21.1. The van der Waals surface area contributed by atoms with Crippen molar-refractivity contribution < 1.29 is 0 Å². The highest BCUT2D eigenvalue weighted by atomic mass is 14.4. The van der Waals surface area contributed by atoms with Crippen LogP contribution in [0.2, 0.25) is 0 Å². The molecule has 0 heteroatoms. The largest absolute Gasteiger partial charge is 0.0622 e. The summed E-state index contributed by atoms with van der Waals surface area (Å²) in [5.74, 6) is 0.791. The maximum atomic E-state index is 2.48. The number of hydrogen-bond acceptors (Lipinski definition) is 0. The van der Waals surface area contributed by atoms with Crippen LogP contribution >= 0.6 is 0 Å². The number of rotatable bonds is 3. The molecule has 0 unspecified atom stereocenters. The normalized spacial score (nSPS) is 13.1. The fourth-order valence-electron chi connectivity index (χ4n) is 12.4. The van der Waals surface area contributed by atoms with Gasteiger partial charge in [-0.1, -0.05) is 173 Å². The van der Waals surface area contributed by atoms with Gasteiger partial charge in [-0.2, -0.15) is 0 Å². The van der Waals surface area contributed by atoms with Gasteiger partial charge in [0.1, 0.15) is 0 Å². The second-order valence-electron chi connectivity index (χ2n) is 17.7. The van der Waals surface area contributed by atoms with E-state index in [1.54, 1.807) is 0 Å². The molecule has 0 fully saturated rings. The zero-order chi connectivity index (χ0) is 38.3. The Morgan fingerprint density at radius 2 is 0.621 bits per heavy atom. The van der Waals surface area contributed by atoms with E-state index >= 15 is 0 Å². The SMILES string of the molecule is CC(C)c1c2c(c(C(C)C)c3ccccc13)-c1ccc3c4ccc5c6c(ccc(c7ccc-2c1c73)c46)c1c(-c2ccccc2)c2cccc3c4ccccc4c(c23)c51. The third kappa shape index (κ3) is 3.49. The molecule has 58 heavy (non-hydrogen) atoms. The summed E-state index contributed by atoms with van der Waals surface area (Å²) in [6.45, 7) is 9.52. The fraction of sp³-hybridized carbons (Fsp3) is 0.103. The number of benzene rings is 11. The van der Waals surface area contributed by atoms with Gasteiger partial charge in [0.15, 0.2) is 0 Å². The molecule has 0 N–H and O–H groups in total. The van der Waals surface area contributed by atoms with Gasteiger partial charge in [-0.3, -0.25) is 0 Å². The summed E-state index contributed by atoms with van der Waals surface area (Å²) in [6.07, 6.45) is 0. The van der Waals surface area contributed by atoms with Crippen LogP contribution in [-0.4, -0.2) is 0 Å². The number of fused-ring (bicyclic) bond motifs is 13. The highest BCUT2D eigenvalue weighted by molar-refractivity contribution is 6.51. The molecule has 0 aliphatic heterocycles. The van der Waals surface area contributed by atoms with Crippen LogP contribution in [0, 0.1) is 0 Å². The minimum atomic E-state index is 0.396. The second-order valence-corrected chi connectivity index (χ2v) is 17.7. The molecule has 0 aromatic heterocycles. The molecule has 0 bridgehead atoms. The average Bonchev–Trinajstić information content (AvgIpc) is 3.89. The summed E-state index contributed by atoms with van der Waals surface area (Å²) < 4.78 is 0. The minimum Gasteiger partial charge on any atom is -0.0622 e. The smallest absolute Gasteiger partial charge is 0.000696 e. The molecular formula is C58H38. The van der Waals surface area contributed by atoms with E-state index in [0.29, 0.717) is 11.8 Å². The van der Waals surface area contributed by atoms with Crippen LogP contribution < -0.4 is 0 Å². The van der Waals surface area contributed by atoms with Gasteiger partial charge in [0.05, 0.1) is 0 Å². The Balaban J connectivity index is 1.19. The summed E-state index contributed by atoms with van der Waals surface area (Å²) in [4.78, 5) is 0. The van der Waals surface area contributed by atoms with E-state index in [1.807, 2.05) is 0 Å². The van der Waals surface area contributed by atoms with Crippen LogP contribution in [0.25, 0.3) is 141 Å². The molecule has 0 saturated carbocycles. The summed E-state index contributed by atoms with van der Waals surface area (Å²) >= 11 is 0. The molecule has 270 valence electrons. The van der Waals surface area contributed by atoms with Crippen molar-refractivity contribution in [2.24, 2.45) is 0 Å². The van der Waals surface area contributed by atoms with E-state index in [-0.39, 0.29) is 0 Å². The molecular weight excluding hydrogens is 697 g/mol. The predicted octanol–water partition coefficient (Wildman–Crippen LogP) is 17.1. The van der Waals surface area contributed by atoms with Gasteiger partial charge in [0.25, 0.3) is 0 Å². The van der Waals surface area contributed by atoms with Crippen LogP contribution in [0.5, 0.6) is 0 Å². The molecule has 0 nitrogen and oxygen atoms in total. The standard InChI is InChI=1S/C58H38/c1-29(2)46-35-17-10-11-18-36(35)47(30(3)4)56-43-26-22-38-40-24-28-45-53-44(27-23-39(50(40)53)37-21-25-42(55(46)56)52(43)49(37)38)57-48(31-13-6-5-7-14-31)41-20-12-19-33-32-15-8-9-16-34(32)54(51(33)41)58(45)57/h5-30H,1-4H3. The van der Waals surface area contributed by atoms with Crippen molar-refractivity contribution in [2.45, 2.75) is 39.5 Å². The summed E-state index contributed by atoms with van der Waals surface area (Å²) in [7, 11) is 0. The molecule has 1 aliphatic rings. The van der Waals surface area contributed by atoms with Crippen molar-refractivity contribution in [3.8, 4) is 33.4 Å². The first-order valence-electron chi connectivity index (χ1n) is 21.1. The maximum Gasteiger partial charge on any atom is -0.000696 e. The Labute approximate surface area is 335 Å². The Kier molecular flexibility index (Phi) is 5.72. The van der Waals surface area contributed by atoms with Crippen LogP contribution in [0.3, 0.4) is 0 Å². The Hall–Kier alpha value is -6.76. The van der Waals surface area contributed by atoms with Gasteiger partial charge in [0, 0.05) is 0 Å². The van der Waals surface area contributed by atoms with Gasteiger partial charge in [0.2, 0.25) is 0 Å². The third-order valence-corrected chi connectivity index (χ3v) is 14.3. The van der Waals surface area contributed by atoms with E-state index in [0.717, 1.165) is 0 Å². The first kappa shape index (κ1) is 31.3. The molecule has 14 rings (SSSR count). The van der Waals surface area contributed by atoms with E-state index in [9.17, 15) is 0 Å². The second kappa shape index (κ2) is 10.6. The zero-order valence-corrected chi connectivity index (χ0v) is 33.0. The number of hydrogen-bond donors (Lipinski definition) is 0. The van der Waals surface area contributed by atoms with Crippen molar-refractivity contribution in [3.63, 3.8) is 0 Å². The van der Waals surface area contributed by atoms with Gasteiger partial charge in [-0.15, -0.1) is 0 Å². The zero-order valence-electron chi connectivity index (χ0n) is 33.0. The Morgan fingerprint density at radius 3 is 1.22 bits per heavy atom. The fourth-order valence-corrected chi connectivity index (χ4v) is 12.4. The quantitative estimate of drug-likeness (QED) is 0.125. The lowest BCUT2D eigenvalue weighted by Crippen LogP contribution is -2.01. The van der Waals surface area contributed by atoms with Crippen molar-refractivity contribution in [3.05, 3.63) is 157 Å². The highest BCUT2D eigenvalue weighted by Gasteiger charge is 2.33.